The smallest absolute Gasteiger partial charge is 0.253 e. The number of nitrogens with zero attached hydrogens (tertiary/aromatic N) is 3. The molecular formula is C16H27F2N3O2S. The molecule has 2 rings (SSSR count). The first-order valence-corrected chi connectivity index (χ1v) is 9.97. The molecule has 1 atom stereocenters. The van der Waals surface area contributed by atoms with Crippen LogP contribution in [0.3, 0.4) is 0 Å². The van der Waals surface area contributed by atoms with Crippen molar-refractivity contribution in [3.63, 3.8) is 0 Å². The molecular weight excluding hydrogens is 336 g/mol. The van der Waals surface area contributed by atoms with Crippen molar-refractivity contribution in [3.05, 3.63) is 18.0 Å². The van der Waals surface area contributed by atoms with E-state index >= 15 is 0 Å². The predicted molar refractivity (Wildman–Crippen MR) is 89.3 cm³/mol. The summed E-state index contributed by atoms with van der Waals surface area (Å²) in [5.74, 6) is -3.59. The molecule has 0 N–H and O–H groups in total. The van der Waals surface area contributed by atoms with Gasteiger partial charge in [-0.1, -0.05) is 27.2 Å². The van der Waals surface area contributed by atoms with Crippen molar-refractivity contribution in [1.29, 1.82) is 0 Å². The molecule has 24 heavy (non-hydrogen) atoms. The molecule has 0 amide bonds. The van der Waals surface area contributed by atoms with Crippen LogP contribution >= 0.6 is 0 Å². The van der Waals surface area contributed by atoms with Gasteiger partial charge in [0.15, 0.2) is 0 Å². The molecule has 0 radical (unpaired) electrons. The summed E-state index contributed by atoms with van der Waals surface area (Å²) in [5, 5.41) is 4.11. The lowest BCUT2D eigenvalue weighted by atomic mass is 9.86. The van der Waals surface area contributed by atoms with E-state index in [9.17, 15) is 17.2 Å². The molecule has 0 aromatic carbocycles. The van der Waals surface area contributed by atoms with Gasteiger partial charge >= 0.3 is 0 Å². The average molecular weight is 363 g/mol. The van der Waals surface area contributed by atoms with E-state index in [0.717, 1.165) is 18.4 Å². The number of piperidine rings is 1. The van der Waals surface area contributed by atoms with Crippen LogP contribution in [0.1, 0.15) is 58.1 Å². The van der Waals surface area contributed by atoms with E-state index in [1.54, 1.807) is 24.1 Å². The second-order valence-corrected chi connectivity index (χ2v) is 9.19. The number of sulfonamides is 1. The van der Waals surface area contributed by atoms with Crippen molar-refractivity contribution in [1.82, 2.24) is 14.1 Å². The Hall–Kier alpha value is -1.02. The molecule has 0 saturated carbocycles. The lowest BCUT2D eigenvalue weighted by molar-refractivity contribution is -0.0973. The first kappa shape index (κ1) is 19.3. The van der Waals surface area contributed by atoms with Crippen molar-refractivity contribution < 1.29 is 17.2 Å². The SMILES string of the molecule is CCC(F)(F)C(C)(C)CS(=O)(=O)N1CCCCC1c1cnn(C)c1. The van der Waals surface area contributed by atoms with Gasteiger partial charge in [-0.05, 0) is 12.8 Å². The average Bonchev–Trinajstić information content (AvgIpc) is 2.92. The first-order chi connectivity index (χ1) is 11.0. The van der Waals surface area contributed by atoms with Gasteiger partial charge in [-0.2, -0.15) is 9.40 Å². The molecule has 1 aliphatic rings. The van der Waals surface area contributed by atoms with Crippen molar-refractivity contribution in [3.8, 4) is 0 Å². The van der Waals surface area contributed by atoms with Crippen LogP contribution in [-0.2, 0) is 17.1 Å². The molecule has 1 aromatic rings. The van der Waals surface area contributed by atoms with Gasteiger partial charge in [0.25, 0.3) is 5.92 Å². The third-order valence-electron chi connectivity index (χ3n) is 4.90. The minimum atomic E-state index is -3.81. The predicted octanol–water partition coefficient (Wildman–Crippen LogP) is 3.35. The Labute approximate surface area is 143 Å². The molecule has 0 aliphatic carbocycles. The Morgan fingerprint density at radius 1 is 1.33 bits per heavy atom. The molecule has 138 valence electrons. The quantitative estimate of drug-likeness (QED) is 0.779. The number of aromatic nitrogens is 2. The monoisotopic (exact) mass is 363 g/mol. The van der Waals surface area contributed by atoms with Gasteiger partial charge in [0, 0.05) is 37.2 Å². The Kier molecular flexibility index (Phi) is 5.40. The van der Waals surface area contributed by atoms with E-state index in [0.29, 0.717) is 13.0 Å². The van der Waals surface area contributed by atoms with Gasteiger partial charge in [0.1, 0.15) is 0 Å². The fraction of sp³-hybridized carbons (Fsp3) is 0.812. The Bertz CT molecular complexity index is 671. The number of aryl methyl sites for hydroxylation is 1. The highest BCUT2D eigenvalue weighted by atomic mass is 32.2. The zero-order valence-corrected chi connectivity index (χ0v) is 15.6. The third-order valence-corrected chi connectivity index (χ3v) is 7.14. The van der Waals surface area contributed by atoms with Gasteiger partial charge < -0.3 is 0 Å². The van der Waals surface area contributed by atoms with Crippen LogP contribution in [0, 0.1) is 5.41 Å². The lowest BCUT2D eigenvalue weighted by Gasteiger charge is -2.39. The van der Waals surface area contributed by atoms with Crippen molar-refractivity contribution >= 4 is 10.0 Å². The molecule has 8 heteroatoms. The van der Waals surface area contributed by atoms with Crippen molar-refractivity contribution in [2.75, 3.05) is 12.3 Å². The summed E-state index contributed by atoms with van der Waals surface area (Å²) >= 11 is 0. The Balaban J connectivity index is 2.29. The molecule has 1 aliphatic heterocycles. The molecule has 1 saturated heterocycles. The highest BCUT2D eigenvalue weighted by molar-refractivity contribution is 7.89. The minimum Gasteiger partial charge on any atom is -0.275 e. The molecule has 0 spiro atoms. The zero-order chi connectivity index (χ0) is 18.2. The van der Waals surface area contributed by atoms with Crippen LogP contribution in [-0.4, -0.2) is 40.7 Å². The molecule has 1 unspecified atom stereocenters. The van der Waals surface area contributed by atoms with Gasteiger partial charge in [0.2, 0.25) is 10.0 Å². The highest BCUT2D eigenvalue weighted by Crippen LogP contribution is 2.42. The second kappa shape index (κ2) is 6.71. The number of halogens is 2. The Morgan fingerprint density at radius 2 is 2.00 bits per heavy atom. The molecule has 1 fully saturated rings. The summed E-state index contributed by atoms with van der Waals surface area (Å²) in [4.78, 5) is 0. The van der Waals surface area contributed by atoms with Crippen LogP contribution in [0.4, 0.5) is 8.78 Å². The van der Waals surface area contributed by atoms with Crippen LogP contribution in [0.25, 0.3) is 0 Å². The van der Waals surface area contributed by atoms with E-state index < -0.39 is 27.1 Å². The number of hydrogen-bond acceptors (Lipinski definition) is 3. The summed E-state index contributed by atoms with van der Waals surface area (Å²) in [6.45, 7) is 4.41. The van der Waals surface area contributed by atoms with Gasteiger partial charge in [-0.15, -0.1) is 0 Å². The van der Waals surface area contributed by atoms with E-state index in [1.165, 1.54) is 25.1 Å². The van der Waals surface area contributed by atoms with E-state index in [-0.39, 0.29) is 12.5 Å². The molecule has 2 heterocycles. The van der Waals surface area contributed by atoms with Crippen LogP contribution in [0.15, 0.2) is 12.4 Å². The van der Waals surface area contributed by atoms with Gasteiger partial charge in [0.05, 0.1) is 18.0 Å². The topological polar surface area (TPSA) is 55.2 Å². The van der Waals surface area contributed by atoms with E-state index in [1.807, 2.05) is 0 Å². The first-order valence-electron chi connectivity index (χ1n) is 8.36. The molecule has 5 nitrogen and oxygen atoms in total. The number of hydrogen-bond donors (Lipinski definition) is 0. The zero-order valence-electron chi connectivity index (χ0n) is 14.8. The van der Waals surface area contributed by atoms with Crippen LogP contribution < -0.4 is 0 Å². The maximum atomic E-state index is 14.2. The van der Waals surface area contributed by atoms with E-state index in [4.69, 9.17) is 0 Å². The third kappa shape index (κ3) is 3.79. The molecule has 1 aromatic heterocycles. The Morgan fingerprint density at radius 3 is 2.54 bits per heavy atom. The summed E-state index contributed by atoms with van der Waals surface area (Å²) in [7, 11) is -2.03. The normalized spacial score (nSPS) is 21.2. The van der Waals surface area contributed by atoms with Crippen LogP contribution in [0.5, 0.6) is 0 Å². The summed E-state index contributed by atoms with van der Waals surface area (Å²) < 4.78 is 57.2. The van der Waals surface area contributed by atoms with Crippen LogP contribution in [0.2, 0.25) is 0 Å². The summed E-state index contributed by atoms with van der Waals surface area (Å²) in [6.07, 6.45) is 5.44. The lowest BCUT2D eigenvalue weighted by Crippen LogP contribution is -2.47. The molecule has 0 bridgehead atoms. The number of alkyl halides is 2. The van der Waals surface area contributed by atoms with Crippen molar-refractivity contribution in [2.24, 2.45) is 12.5 Å². The summed E-state index contributed by atoms with van der Waals surface area (Å²) in [6, 6.07) is -0.316. The van der Waals surface area contributed by atoms with Gasteiger partial charge in [-0.3, -0.25) is 4.68 Å². The van der Waals surface area contributed by atoms with Crippen molar-refractivity contribution in [2.45, 2.75) is 58.4 Å². The number of rotatable bonds is 6. The minimum absolute atomic E-state index is 0.316. The second-order valence-electron chi connectivity index (χ2n) is 7.27. The maximum absolute atomic E-state index is 14.2. The standard InChI is InChI=1S/C16H27F2N3O2S/c1-5-16(17,18)15(2,3)12-24(22,23)21-9-7-6-8-14(21)13-10-19-20(4)11-13/h10-11,14H,5-9,12H2,1-4H3. The largest absolute Gasteiger partial charge is 0.275 e. The highest BCUT2D eigenvalue weighted by Gasteiger charge is 2.49. The van der Waals surface area contributed by atoms with Gasteiger partial charge in [-0.25, -0.2) is 17.2 Å². The summed E-state index contributed by atoms with van der Waals surface area (Å²) in [5.41, 5.74) is -0.793. The fourth-order valence-electron chi connectivity index (χ4n) is 3.31. The maximum Gasteiger partial charge on any atom is 0.253 e. The van der Waals surface area contributed by atoms with E-state index in [2.05, 4.69) is 5.10 Å². The fourth-order valence-corrected chi connectivity index (χ4v) is 5.62.